The summed E-state index contributed by atoms with van der Waals surface area (Å²) in [4.78, 5) is 11.1. The summed E-state index contributed by atoms with van der Waals surface area (Å²) in [6.07, 6.45) is 2.28. The molecule has 0 saturated heterocycles. The van der Waals surface area contributed by atoms with Crippen LogP contribution in [0.25, 0.3) is 0 Å². The standard InChI is InChI=1S/C13H12F2O2/c14-13(15)7-12(13,11(16)17)10-5-4-8-2-1-3-9(8)6-10/h4-6H,1-3,7H2,(H,16,17). The first-order chi connectivity index (χ1) is 7.97. The molecule has 0 bridgehead atoms. The maximum atomic E-state index is 13.4. The summed E-state index contributed by atoms with van der Waals surface area (Å²) >= 11 is 0. The van der Waals surface area contributed by atoms with Crippen molar-refractivity contribution in [3.8, 4) is 0 Å². The van der Waals surface area contributed by atoms with Crippen molar-refractivity contribution >= 4 is 5.97 Å². The molecule has 2 nitrogen and oxygen atoms in total. The number of carboxylic acids is 1. The van der Waals surface area contributed by atoms with Gasteiger partial charge in [0.15, 0.2) is 5.41 Å². The van der Waals surface area contributed by atoms with Crippen LogP contribution in [0.4, 0.5) is 8.78 Å². The van der Waals surface area contributed by atoms with Gasteiger partial charge in [-0.25, -0.2) is 8.78 Å². The maximum Gasteiger partial charge on any atom is 0.320 e. The monoisotopic (exact) mass is 238 g/mol. The fraction of sp³-hybridized carbons (Fsp3) is 0.462. The number of hydrogen-bond acceptors (Lipinski definition) is 1. The van der Waals surface area contributed by atoms with Gasteiger partial charge in [0.2, 0.25) is 0 Å². The summed E-state index contributed by atoms with van der Waals surface area (Å²) < 4.78 is 26.7. The van der Waals surface area contributed by atoms with Crippen molar-refractivity contribution in [2.45, 2.75) is 37.0 Å². The minimum Gasteiger partial charge on any atom is -0.480 e. The molecule has 1 atom stereocenters. The first kappa shape index (κ1) is 10.7. The van der Waals surface area contributed by atoms with Crippen molar-refractivity contribution < 1.29 is 18.7 Å². The molecule has 0 aliphatic heterocycles. The molecule has 3 rings (SSSR count). The molecule has 0 heterocycles. The van der Waals surface area contributed by atoms with Crippen LogP contribution in [-0.2, 0) is 23.1 Å². The minimum atomic E-state index is -3.11. The predicted molar refractivity (Wildman–Crippen MR) is 57.3 cm³/mol. The highest BCUT2D eigenvalue weighted by molar-refractivity contribution is 5.87. The second-order valence-corrected chi connectivity index (χ2v) is 4.93. The van der Waals surface area contributed by atoms with Gasteiger partial charge in [0.25, 0.3) is 5.92 Å². The lowest BCUT2D eigenvalue weighted by Crippen LogP contribution is -2.27. The van der Waals surface area contributed by atoms with Crippen molar-refractivity contribution in [1.82, 2.24) is 0 Å². The lowest BCUT2D eigenvalue weighted by Gasteiger charge is -2.13. The average molecular weight is 238 g/mol. The van der Waals surface area contributed by atoms with Gasteiger partial charge in [0.05, 0.1) is 0 Å². The van der Waals surface area contributed by atoms with Crippen molar-refractivity contribution in [3.05, 3.63) is 34.9 Å². The Morgan fingerprint density at radius 3 is 2.47 bits per heavy atom. The molecule has 4 heteroatoms. The van der Waals surface area contributed by atoms with E-state index >= 15 is 0 Å². The van der Waals surface area contributed by atoms with Crippen molar-refractivity contribution in [2.24, 2.45) is 0 Å². The van der Waals surface area contributed by atoms with E-state index in [9.17, 15) is 13.6 Å². The Morgan fingerprint density at radius 2 is 1.88 bits per heavy atom. The van der Waals surface area contributed by atoms with Gasteiger partial charge in [-0.1, -0.05) is 18.2 Å². The highest BCUT2D eigenvalue weighted by Crippen LogP contribution is 2.61. The third kappa shape index (κ3) is 1.27. The van der Waals surface area contributed by atoms with Gasteiger partial charge in [-0.2, -0.15) is 0 Å². The molecule has 1 unspecified atom stereocenters. The molecule has 1 fully saturated rings. The van der Waals surface area contributed by atoms with Crippen LogP contribution >= 0.6 is 0 Å². The van der Waals surface area contributed by atoms with E-state index in [0.29, 0.717) is 0 Å². The number of carbonyl (C=O) groups is 1. The summed E-state index contributed by atoms with van der Waals surface area (Å²) in [5.41, 5.74) is 0.490. The van der Waals surface area contributed by atoms with Crippen LogP contribution in [0.2, 0.25) is 0 Å². The molecule has 0 amide bonds. The van der Waals surface area contributed by atoms with E-state index in [1.807, 2.05) is 0 Å². The zero-order valence-electron chi connectivity index (χ0n) is 9.17. The van der Waals surface area contributed by atoms with E-state index in [1.165, 1.54) is 5.56 Å². The van der Waals surface area contributed by atoms with E-state index in [2.05, 4.69) is 0 Å². The quantitative estimate of drug-likeness (QED) is 0.859. The summed E-state index contributed by atoms with van der Waals surface area (Å²) in [7, 11) is 0. The SMILES string of the molecule is O=C(O)C1(c2ccc3c(c2)CCC3)CC1(F)F. The number of benzene rings is 1. The fourth-order valence-corrected chi connectivity index (χ4v) is 2.79. The Morgan fingerprint density at radius 1 is 1.24 bits per heavy atom. The molecule has 2 aliphatic carbocycles. The maximum absolute atomic E-state index is 13.4. The zero-order chi connectivity index (χ0) is 12.3. The number of rotatable bonds is 2. The van der Waals surface area contributed by atoms with Crippen molar-refractivity contribution in [2.75, 3.05) is 0 Å². The van der Waals surface area contributed by atoms with Crippen LogP contribution in [0, 0.1) is 0 Å². The van der Waals surface area contributed by atoms with Crippen LogP contribution in [0.1, 0.15) is 29.5 Å². The molecular formula is C13H12F2O2. The van der Waals surface area contributed by atoms with Gasteiger partial charge in [-0.3, -0.25) is 4.79 Å². The highest BCUT2D eigenvalue weighted by atomic mass is 19.3. The topological polar surface area (TPSA) is 37.3 Å². The number of aryl methyl sites for hydroxylation is 2. The molecule has 1 saturated carbocycles. The Balaban J connectivity index is 2.08. The molecule has 0 spiro atoms. The zero-order valence-corrected chi connectivity index (χ0v) is 9.17. The van der Waals surface area contributed by atoms with Gasteiger partial charge in [-0.05, 0) is 36.0 Å². The minimum absolute atomic E-state index is 0.260. The Bertz CT molecular complexity index is 510. The number of halogens is 2. The van der Waals surface area contributed by atoms with Crippen LogP contribution in [-0.4, -0.2) is 17.0 Å². The molecule has 90 valence electrons. The fourth-order valence-electron chi connectivity index (χ4n) is 2.79. The third-order valence-electron chi connectivity index (χ3n) is 3.94. The van der Waals surface area contributed by atoms with Gasteiger partial charge >= 0.3 is 5.97 Å². The first-order valence-electron chi connectivity index (χ1n) is 5.71. The Labute approximate surface area is 97.3 Å². The lowest BCUT2D eigenvalue weighted by atomic mass is 9.92. The largest absolute Gasteiger partial charge is 0.480 e. The van der Waals surface area contributed by atoms with E-state index in [4.69, 9.17) is 5.11 Å². The summed E-state index contributed by atoms with van der Waals surface area (Å²) in [5, 5.41) is 9.06. The van der Waals surface area contributed by atoms with Crippen LogP contribution < -0.4 is 0 Å². The predicted octanol–water partition coefficient (Wildman–Crippen LogP) is 2.54. The Kier molecular flexibility index (Phi) is 1.92. The highest BCUT2D eigenvalue weighted by Gasteiger charge is 2.77. The number of alkyl halides is 2. The first-order valence-corrected chi connectivity index (χ1v) is 5.71. The molecule has 0 aromatic heterocycles. The average Bonchev–Trinajstić information content (AvgIpc) is 2.67. The van der Waals surface area contributed by atoms with Gasteiger partial charge in [0.1, 0.15) is 0 Å². The number of hydrogen-bond donors (Lipinski definition) is 1. The van der Waals surface area contributed by atoms with Gasteiger partial charge in [0, 0.05) is 6.42 Å². The molecule has 0 radical (unpaired) electrons. The molecule has 17 heavy (non-hydrogen) atoms. The molecule has 2 aliphatic rings. The van der Waals surface area contributed by atoms with E-state index in [-0.39, 0.29) is 5.56 Å². The Hall–Kier alpha value is -1.45. The van der Waals surface area contributed by atoms with Gasteiger partial charge in [-0.15, -0.1) is 0 Å². The van der Waals surface area contributed by atoms with Crippen LogP contribution in [0.15, 0.2) is 18.2 Å². The van der Waals surface area contributed by atoms with Crippen molar-refractivity contribution in [1.29, 1.82) is 0 Å². The van der Waals surface area contributed by atoms with E-state index < -0.39 is 23.7 Å². The third-order valence-corrected chi connectivity index (χ3v) is 3.94. The second kappa shape index (κ2) is 3.06. The van der Waals surface area contributed by atoms with E-state index in [1.54, 1.807) is 18.2 Å². The normalized spacial score (nSPS) is 28.8. The van der Waals surface area contributed by atoms with E-state index in [0.717, 1.165) is 24.8 Å². The van der Waals surface area contributed by atoms with Crippen molar-refractivity contribution in [3.63, 3.8) is 0 Å². The second-order valence-electron chi connectivity index (χ2n) is 4.93. The van der Waals surface area contributed by atoms with Crippen LogP contribution in [0.5, 0.6) is 0 Å². The molecule has 1 aromatic rings. The molecule has 1 aromatic carbocycles. The number of aliphatic carboxylic acids is 1. The van der Waals surface area contributed by atoms with Crippen LogP contribution in [0.3, 0.4) is 0 Å². The molecular weight excluding hydrogens is 226 g/mol. The smallest absolute Gasteiger partial charge is 0.320 e. The van der Waals surface area contributed by atoms with Gasteiger partial charge < -0.3 is 5.11 Å². The number of carboxylic acid groups (broad SMARTS) is 1. The summed E-state index contributed by atoms with van der Waals surface area (Å²) in [6, 6.07) is 5.02. The summed E-state index contributed by atoms with van der Waals surface area (Å²) in [6.45, 7) is 0. The lowest BCUT2D eigenvalue weighted by molar-refractivity contribution is -0.142. The summed E-state index contributed by atoms with van der Waals surface area (Å²) in [5.74, 6) is -4.52. The molecule has 1 N–H and O–H groups in total. The number of fused-ring (bicyclic) bond motifs is 1.